The molecule has 0 saturated heterocycles. The molecule has 0 bridgehead atoms. The Balaban J connectivity index is 2.12. The highest BCUT2D eigenvalue weighted by atomic mass is 19.1. The van der Waals surface area contributed by atoms with Gasteiger partial charge in [0.05, 0.1) is 6.42 Å². The van der Waals surface area contributed by atoms with Gasteiger partial charge in [-0.1, -0.05) is 5.16 Å². The number of rotatable bonds is 4. The number of nitrogens with zero attached hydrogens (tertiary/aromatic N) is 2. The quantitative estimate of drug-likeness (QED) is 0.877. The van der Waals surface area contributed by atoms with E-state index in [0.29, 0.717) is 11.4 Å². The fourth-order valence-electron chi connectivity index (χ4n) is 1.28. The fourth-order valence-corrected chi connectivity index (χ4v) is 1.28. The molecule has 0 aliphatic heterocycles. The largest absolute Gasteiger partial charge is 0.481 e. The molecule has 6 heteroatoms. The molecule has 2 rings (SSSR count). The lowest BCUT2D eigenvalue weighted by Gasteiger charge is -1.92. The Bertz CT molecular complexity index is 522. The van der Waals surface area contributed by atoms with Crippen LogP contribution in [0.1, 0.15) is 12.2 Å². The maximum Gasteiger partial charge on any atom is 0.303 e. The van der Waals surface area contributed by atoms with E-state index in [4.69, 9.17) is 9.63 Å². The topological polar surface area (TPSA) is 76.2 Å². The van der Waals surface area contributed by atoms with Crippen LogP contribution in [0.2, 0.25) is 0 Å². The van der Waals surface area contributed by atoms with Gasteiger partial charge in [0.2, 0.25) is 0 Å². The van der Waals surface area contributed by atoms with Gasteiger partial charge in [0.1, 0.15) is 5.82 Å². The third-order valence-corrected chi connectivity index (χ3v) is 2.12. The third kappa shape index (κ3) is 2.87. The molecule has 1 aromatic carbocycles. The summed E-state index contributed by atoms with van der Waals surface area (Å²) in [5.74, 6) is -0.686. The summed E-state index contributed by atoms with van der Waals surface area (Å²) in [6, 6.07) is 5.61. The van der Waals surface area contributed by atoms with Crippen LogP contribution in [0.5, 0.6) is 0 Å². The molecule has 0 unspecified atom stereocenters. The van der Waals surface area contributed by atoms with Crippen molar-refractivity contribution in [2.24, 2.45) is 0 Å². The van der Waals surface area contributed by atoms with Crippen molar-refractivity contribution in [1.82, 2.24) is 10.1 Å². The molecule has 0 aliphatic carbocycles. The number of aliphatic carboxylic acids is 1. The smallest absolute Gasteiger partial charge is 0.303 e. The standard InChI is InChI=1S/C11H9FN2O3/c12-8-3-1-7(2-4-8)11-13-9(14-17-11)5-6-10(15)16/h1-4H,5-6H2,(H,15,16). The van der Waals surface area contributed by atoms with Crippen LogP contribution in [0.25, 0.3) is 11.5 Å². The summed E-state index contributed by atoms with van der Waals surface area (Å²) < 4.78 is 17.6. The Morgan fingerprint density at radius 2 is 2.06 bits per heavy atom. The van der Waals surface area contributed by atoms with Crippen molar-refractivity contribution in [3.63, 3.8) is 0 Å². The molecule has 0 atom stereocenters. The highest BCUT2D eigenvalue weighted by Crippen LogP contribution is 2.17. The molecule has 1 aromatic heterocycles. The number of aryl methyl sites for hydroxylation is 1. The number of aromatic nitrogens is 2. The van der Waals surface area contributed by atoms with Gasteiger partial charge in [-0.05, 0) is 24.3 Å². The summed E-state index contributed by atoms with van der Waals surface area (Å²) in [6.07, 6.45) is 0.155. The molecular weight excluding hydrogens is 227 g/mol. The maximum absolute atomic E-state index is 12.7. The molecule has 0 fully saturated rings. The van der Waals surface area contributed by atoms with Crippen molar-refractivity contribution in [1.29, 1.82) is 0 Å². The van der Waals surface area contributed by atoms with Gasteiger partial charge in [-0.3, -0.25) is 4.79 Å². The van der Waals surface area contributed by atoms with E-state index in [0.717, 1.165) is 0 Å². The predicted octanol–water partition coefficient (Wildman–Crippen LogP) is 1.89. The minimum absolute atomic E-state index is 0.0532. The summed E-state index contributed by atoms with van der Waals surface area (Å²) >= 11 is 0. The van der Waals surface area contributed by atoms with E-state index in [2.05, 4.69) is 10.1 Å². The second-order valence-electron chi connectivity index (χ2n) is 3.42. The Morgan fingerprint density at radius 3 is 2.71 bits per heavy atom. The van der Waals surface area contributed by atoms with Crippen molar-refractivity contribution in [2.45, 2.75) is 12.8 Å². The van der Waals surface area contributed by atoms with Crippen LogP contribution in [0.4, 0.5) is 4.39 Å². The number of carboxylic acid groups (broad SMARTS) is 1. The first-order chi connectivity index (χ1) is 8.15. The van der Waals surface area contributed by atoms with Crippen LogP contribution in [0, 0.1) is 5.82 Å². The van der Waals surface area contributed by atoms with Crippen molar-refractivity contribution < 1.29 is 18.8 Å². The first-order valence-electron chi connectivity index (χ1n) is 4.95. The van der Waals surface area contributed by atoms with E-state index in [9.17, 15) is 9.18 Å². The summed E-state index contributed by atoms with van der Waals surface area (Å²) in [5.41, 5.74) is 0.598. The first kappa shape index (κ1) is 11.3. The second kappa shape index (κ2) is 4.73. The van der Waals surface area contributed by atoms with E-state index >= 15 is 0 Å². The number of benzene rings is 1. The van der Waals surface area contributed by atoms with Gasteiger partial charge in [0.25, 0.3) is 5.89 Å². The molecule has 17 heavy (non-hydrogen) atoms. The number of carbonyl (C=O) groups is 1. The van der Waals surface area contributed by atoms with E-state index in [-0.39, 0.29) is 24.5 Å². The minimum atomic E-state index is -0.918. The lowest BCUT2D eigenvalue weighted by molar-refractivity contribution is -0.137. The Labute approximate surface area is 95.9 Å². The normalized spacial score (nSPS) is 10.4. The van der Waals surface area contributed by atoms with Crippen LogP contribution in [-0.4, -0.2) is 21.2 Å². The molecule has 88 valence electrons. The highest BCUT2D eigenvalue weighted by Gasteiger charge is 2.09. The average Bonchev–Trinajstić information content (AvgIpc) is 2.76. The molecule has 0 radical (unpaired) electrons. The Morgan fingerprint density at radius 1 is 1.35 bits per heavy atom. The van der Waals surface area contributed by atoms with Gasteiger partial charge in [-0.15, -0.1) is 0 Å². The third-order valence-electron chi connectivity index (χ3n) is 2.12. The number of hydrogen-bond donors (Lipinski definition) is 1. The van der Waals surface area contributed by atoms with Crippen LogP contribution in [0.3, 0.4) is 0 Å². The van der Waals surface area contributed by atoms with Gasteiger partial charge in [0, 0.05) is 12.0 Å². The van der Waals surface area contributed by atoms with Crippen molar-refractivity contribution in [2.75, 3.05) is 0 Å². The van der Waals surface area contributed by atoms with Gasteiger partial charge in [-0.25, -0.2) is 4.39 Å². The summed E-state index contributed by atoms with van der Waals surface area (Å²) in [6.45, 7) is 0. The van der Waals surface area contributed by atoms with Gasteiger partial charge in [-0.2, -0.15) is 4.98 Å². The molecule has 1 N–H and O–H groups in total. The van der Waals surface area contributed by atoms with Crippen LogP contribution in [-0.2, 0) is 11.2 Å². The van der Waals surface area contributed by atoms with Crippen LogP contribution >= 0.6 is 0 Å². The minimum Gasteiger partial charge on any atom is -0.481 e. The van der Waals surface area contributed by atoms with Crippen LogP contribution < -0.4 is 0 Å². The number of hydrogen-bond acceptors (Lipinski definition) is 4. The van der Waals surface area contributed by atoms with E-state index in [1.807, 2.05) is 0 Å². The Hall–Kier alpha value is -2.24. The second-order valence-corrected chi connectivity index (χ2v) is 3.42. The average molecular weight is 236 g/mol. The van der Waals surface area contributed by atoms with E-state index in [1.165, 1.54) is 24.3 Å². The molecule has 0 amide bonds. The number of carboxylic acids is 1. The zero-order valence-corrected chi connectivity index (χ0v) is 8.76. The van der Waals surface area contributed by atoms with Gasteiger partial charge >= 0.3 is 5.97 Å². The zero-order chi connectivity index (χ0) is 12.3. The molecule has 2 aromatic rings. The molecule has 0 spiro atoms. The molecule has 5 nitrogen and oxygen atoms in total. The van der Waals surface area contributed by atoms with Crippen molar-refractivity contribution in [3.05, 3.63) is 35.9 Å². The van der Waals surface area contributed by atoms with E-state index < -0.39 is 5.97 Å². The van der Waals surface area contributed by atoms with Gasteiger partial charge < -0.3 is 9.63 Å². The predicted molar refractivity (Wildman–Crippen MR) is 55.6 cm³/mol. The maximum atomic E-state index is 12.7. The highest BCUT2D eigenvalue weighted by molar-refractivity contribution is 5.66. The SMILES string of the molecule is O=C(O)CCc1noc(-c2ccc(F)cc2)n1. The van der Waals surface area contributed by atoms with Gasteiger partial charge in [0.15, 0.2) is 5.82 Å². The summed E-state index contributed by atoms with van der Waals surface area (Å²) in [5, 5.41) is 12.1. The first-order valence-corrected chi connectivity index (χ1v) is 4.95. The van der Waals surface area contributed by atoms with Crippen LogP contribution in [0.15, 0.2) is 28.8 Å². The lowest BCUT2D eigenvalue weighted by Crippen LogP contribution is -1.98. The van der Waals surface area contributed by atoms with Crippen molar-refractivity contribution >= 4 is 5.97 Å². The fraction of sp³-hybridized carbons (Fsp3) is 0.182. The molecule has 1 heterocycles. The zero-order valence-electron chi connectivity index (χ0n) is 8.76. The van der Waals surface area contributed by atoms with E-state index in [1.54, 1.807) is 0 Å². The summed E-state index contributed by atoms with van der Waals surface area (Å²) in [4.78, 5) is 14.4. The molecule has 0 saturated carbocycles. The molecule has 0 aliphatic rings. The number of halogens is 1. The Kier molecular flexibility index (Phi) is 3.13. The lowest BCUT2D eigenvalue weighted by atomic mass is 10.2. The monoisotopic (exact) mass is 236 g/mol. The summed E-state index contributed by atoms with van der Waals surface area (Å²) in [7, 11) is 0. The molecular formula is C11H9FN2O3. The van der Waals surface area contributed by atoms with Crippen molar-refractivity contribution in [3.8, 4) is 11.5 Å².